The summed E-state index contributed by atoms with van der Waals surface area (Å²) in [5.41, 5.74) is 3.09. The van der Waals surface area contributed by atoms with Crippen LogP contribution in [0.1, 0.15) is 52.2 Å². The van der Waals surface area contributed by atoms with Crippen LogP contribution in [0.4, 0.5) is 0 Å². The average molecular weight is 278 g/mol. The average Bonchev–Trinajstić information content (AvgIpc) is 2.32. The first-order chi connectivity index (χ1) is 9.25. The smallest absolute Gasteiger partial charge is 0.139 e. The Morgan fingerprint density at radius 2 is 1.95 bits per heavy atom. The Hall–Kier alpha value is -1.07. The van der Waals surface area contributed by atoms with E-state index in [1.165, 1.54) is 11.1 Å². The molecule has 1 aromatic carbocycles. The Labute approximate surface area is 124 Å². The number of benzene rings is 1. The van der Waals surface area contributed by atoms with Crippen LogP contribution in [-0.4, -0.2) is 11.9 Å². The fourth-order valence-corrected chi connectivity index (χ4v) is 2.95. The van der Waals surface area contributed by atoms with Gasteiger partial charge < -0.3 is 4.74 Å². The van der Waals surface area contributed by atoms with Gasteiger partial charge in [-0.25, -0.2) is 0 Å². The highest BCUT2D eigenvalue weighted by atomic mass is 32.1. The normalized spacial score (nSPS) is 18.6. The molecule has 1 aliphatic rings. The predicted molar refractivity (Wildman–Crippen MR) is 86.4 cm³/mol. The van der Waals surface area contributed by atoms with Crippen LogP contribution in [0.15, 0.2) is 12.1 Å². The topological polar surface area (TPSA) is 9.23 Å². The summed E-state index contributed by atoms with van der Waals surface area (Å²) in [6.45, 7) is 10.8. The molecule has 1 aliphatic heterocycles. The SMILES string of the molecule is CS.[3H]C#Cc1cc(C)cc2c1OC(C)(C)CC2(C)C. The number of rotatable bonds is 0. The molecule has 0 aliphatic carbocycles. The fraction of sp³-hybridized carbons (Fsp3) is 0.529. The summed E-state index contributed by atoms with van der Waals surface area (Å²) in [5, 5.41) is 0. The van der Waals surface area contributed by atoms with Crippen LogP contribution in [0.25, 0.3) is 0 Å². The van der Waals surface area contributed by atoms with Crippen LogP contribution in [-0.2, 0) is 5.41 Å². The number of fused-ring (bicyclic) bond motifs is 1. The minimum Gasteiger partial charge on any atom is -0.486 e. The van der Waals surface area contributed by atoms with Crippen molar-refractivity contribution in [2.75, 3.05) is 6.26 Å². The van der Waals surface area contributed by atoms with Crippen LogP contribution >= 0.6 is 12.6 Å². The first-order valence-corrected chi connectivity index (χ1v) is 7.36. The third-order valence-corrected chi connectivity index (χ3v) is 3.34. The van der Waals surface area contributed by atoms with Crippen molar-refractivity contribution in [3.8, 4) is 18.1 Å². The lowest BCUT2D eigenvalue weighted by Gasteiger charge is -2.43. The molecular weight excluding hydrogens is 252 g/mol. The summed E-state index contributed by atoms with van der Waals surface area (Å²) in [6, 6.07) is 4.18. The largest absolute Gasteiger partial charge is 0.486 e. The van der Waals surface area contributed by atoms with E-state index in [1.54, 1.807) is 6.26 Å². The molecule has 0 bridgehead atoms. The molecule has 0 fully saturated rings. The molecule has 1 nitrogen and oxygen atoms in total. The molecular formula is C17H24OS. The van der Waals surface area contributed by atoms with Crippen LogP contribution in [0, 0.1) is 19.2 Å². The molecule has 104 valence electrons. The molecule has 0 spiro atoms. The quantitative estimate of drug-likeness (QED) is 0.548. The van der Waals surface area contributed by atoms with Crippen molar-refractivity contribution in [1.29, 1.82) is 0 Å². The van der Waals surface area contributed by atoms with Gasteiger partial charge in [-0.15, -0.1) is 6.40 Å². The Kier molecular flexibility index (Phi) is 4.16. The lowest BCUT2D eigenvalue weighted by Crippen LogP contribution is -2.41. The number of terminal acetylenes is 1. The van der Waals surface area contributed by atoms with Gasteiger partial charge >= 0.3 is 0 Å². The van der Waals surface area contributed by atoms with Crippen molar-refractivity contribution in [2.24, 2.45) is 0 Å². The molecule has 19 heavy (non-hydrogen) atoms. The van der Waals surface area contributed by atoms with E-state index >= 15 is 0 Å². The summed E-state index contributed by atoms with van der Waals surface area (Å²) >= 11 is 3.53. The highest BCUT2D eigenvalue weighted by molar-refractivity contribution is 7.79. The molecule has 0 N–H and O–H groups in total. The summed E-state index contributed by atoms with van der Waals surface area (Å²) in [4.78, 5) is 0. The molecule has 0 aromatic heterocycles. The van der Waals surface area contributed by atoms with E-state index in [4.69, 9.17) is 6.11 Å². The maximum absolute atomic E-state index is 7.11. The van der Waals surface area contributed by atoms with Crippen molar-refractivity contribution >= 4 is 12.6 Å². The summed E-state index contributed by atoms with van der Waals surface area (Å²) < 4.78 is 13.2. The zero-order chi connectivity index (χ0) is 15.6. The van der Waals surface area contributed by atoms with Gasteiger partial charge in [0.2, 0.25) is 0 Å². The Balaban J connectivity index is 0.000000956. The van der Waals surface area contributed by atoms with Crippen LogP contribution in [0.3, 0.4) is 0 Å². The summed E-state index contributed by atoms with van der Waals surface area (Å²) in [6.07, 6.45) is 4.91. The molecule has 1 aromatic rings. The second-order valence-corrected chi connectivity index (χ2v) is 6.24. The maximum Gasteiger partial charge on any atom is 0.139 e. The van der Waals surface area contributed by atoms with Gasteiger partial charge in [-0.2, -0.15) is 12.6 Å². The Morgan fingerprint density at radius 3 is 2.53 bits per heavy atom. The van der Waals surface area contributed by atoms with Crippen molar-refractivity contribution in [2.45, 2.75) is 52.1 Å². The molecule has 0 saturated heterocycles. The molecule has 0 radical (unpaired) electrons. The minimum atomic E-state index is -0.190. The molecule has 1 heterocycles. The molecule has 0 atom stereocenters. The van der Waals surface area contributed by atoms with E-state index in [9.17, 15) is 0 Å². The number of hydrogen-bond donors (Lipinski definition) is 1. The molecule has 0 amide bonds. The minimum absolute atomic E-state index is 0.0710. The third-order valence-electron chi connectivity index (χ3n) is 3.34. The van der Waals surface area contributed by atoms with Gasteiger partial charge in [-0.1, -0.05) is 25.8 Å². The number of aryl methyl sites for hydroxylation is 1. The van der Waals surface area contributed by atoms with Crippen LogP contribution < -0.4 is 4.74 Å². The zero-order valence-electron chi connectivity index (χ0n) is 13.7. The molecule has 2 rings (SSSR count). The summed E-state index contributed by atoms with van der Waals surface area (Å²) in [5.74, 6) is 3.71. The standard InChI is InChI=1S/C16H20O.CH4S/c1-7-12-8-11(2)9-13-14(12)17-16(5,6)10-15(13,3)4;1-2/h1,8-9H,10H2,2-6H3;2H,1H3/i1T;. The number of ether oxygens (including phenoxy) is 1. The van der Waals surface area contributed by atoms with Crippen LogP contribution in [0.2, 0.25) is 0 Å². The van der Waals surface area contributed by atoms with E-state index in [0.717, 1.165) is 17.7 Å². The first-order valence-electron chi connectivity index (χ1n) is 6.97. The van der Waals surface area contributed by atoms with Crippen molar-refractivity contribution < 1.29 is 6.11 Å². The van der Waals surface area contributed by atoms with Crippen molar-refractivity contribution in [1.82, 2.24) is 0 Å². The molecule has 0 saturated carbocycles. The highest BCUT2D eigenvalue weighted by Gasteiger charge is 2.39. The van der Waals surface area contributed by atoms with Gasteiger partial charge in [0.1, 0.15) is 12.7 Å². The first kappa shape index (κ1) is 14.3. The van der Waals surface area contributed by atoms with Gasteiger partial charge in [-0.3, -0.25) is 0 Å². The number of thiol groups is 1. The van der Waals surface area contributed by atoms with Gasteiger partial charge in [0.25, 0.3) is 0 Å². The van der Waals surface area contributed by atoms with E-state index in [2.05, 4.69) is 65.6 Å². The van der Waals surface area contributed by atoms with E-state index < -0.39 is 0 Å². The third kappa shape index (κ3) is 3.28. The van der Waals surface area contributed by atoms with Gasteiger partial charge in [0, 0.05) is 5.56 Å². The van der Waals surface area contributed by atoms with Gasteiger partial charge in [0.15, 0.2) is 0 Å². The van der Waals surface area contributed by atoms with Crippen molar-refractivity contribution in [3.05, 3.63) is 28.8 Å². The molecule has 2 heteroatoms. The van der Waals surface area contributed by atoms with Crippen molar-refractivity contribution in [3.63, 3.8) is 0 Å². The zero-order valence-corrected chi connectivity index (χ0v) is 13.6. The maximum atomic E-state index is 7.11. The van der Waals surface area contributed by atoms with E-state index in [-0.39, 0.29) is 11.0 Å². The van der Waals surface area contributed by atoms with Gasteiger partial charge in [0.05, 0.1) is 5.56 Å². The number of hydrogen-bond acceptors (Lipinski definition) is 2. The second-order valence-electron chi connectivity index (χ2n) is 6.24. The predicted octanol–water partition coefficient (Wildman–Crippen LogP) is 4.36. The Morgan fingerprint density at radius 1 is 1.32 bits per heavy atom. The van der Waals surface area contributed by atoms with E-state index in [0.29, 0.717) is 0 Å². The molecule has 0 unspecified atom stereocenters. The second kappa shape index (κ2) is 5.51. The fourth-order valence-electron chi connectivity index (χ4n) is 2.95. The Bertz CT molecular complexity index is 550. The lowest BCUT2D eigenvalue weighted by atomic mass is 9.73. The van der Waals surface area contributed by atoms with E-state index in [1.807, 2.05) is 6.07 Å². The highest BCUT2D eigenvalue weighted by Crippen LogP contribution is 2.46. The summed E-state index contributed by atoms with van der Waals surface area (Å²) in [7, 11) is 0. The monoisotopic (exact) mass is 278 g/mol. The lowest BCUT2D eigenvalue weighted by molar-refractivity contribution is 0.0530. The van der Waals surface area contributed by atoms with Gasteiger partial charge in [-0.05, 0) is 50.5 Å². The van der Waals surface area contributed by atoms with Crippen LogP contribution in [0.5, 0.6) is 5.75 Å².